The van der Waals surface area contributed by atoms with Gasteiger partial charge in [-0.2, -0.15) is 0 Å². The normalized spacial score (nSPS) is 15.8. The topological polar surface area (TPSA) is 69.6 Å². The Morgan fingerprint density at radius 2 is 1.45 bits per heavy atom. The lowest BCUT2D eigenvalue weighted by Crippen LogP contribution is -2.34. The molecule has 0 radical (unpaired) electrons. The quantitative estimate of drug-likeness (QED) is 0.650. The first-order valence-corrected chi connectivity index (χ1v) is 9.28. The number of carboxylic acid groups (broad SMARTS) is 1. The predicted molar refractivity (Wildman–Crippen MR) is 114 cm³/mol. The number of aliphatic carboxylic acids is 1. The largest absolute Gasteiger partial charge is 0.478 e. The molecule has 146 valence electrons. The fourth-order valence-corrected chi connectivity index (χ4v) is 2.94. The number of nitrogens with one attached hydrogen (secondary N) is 1. The van der Waals surface area contributed by atoms with Gasteiger partial charge in [-0.05, 0) is 29.3 Å². The van der Waals surface area contributed by atoms with Gasteiger partial charge in [-0.25, -0.2) is 15.2 Å². The average molecular weight is 386 g/mol. The Bertz CT molecular complexity index is 957. The van der Waals surface area contributed by atoms with Gasteiger partial charge in [-0.15, -0.1) is 0 Å². The first-order valence-electron chi connectivity index (χ1n) is 9.28. The van der Waals surface area contributed by atoms with Crippen molar-refractivity contribution in [2.75, 3.05) is 5.01 Å². The van der Waals surface area contributed by atoms with Crippen LogP contribution in [0.3, 0.4) is 0 Å². The molecule has 29 heavy (non-hydrogen) atoms. The number of hydrazine groups is 1. The second-order valence-corrected chi connectivity index (χ2v) is 6.44. The SMILES string of the molecule is O=C(O)C=Cc1ccccc1.O=C1CC(c2ccccc2)NN1c1ccccc1. The molecule has 1 aliphatic rings. The van der Waals surface area contributed by atoms with E-state index in [0.29, 0.717) is 6.42 Å². The van der Waals surface area contributed by atoms with E-state index in [1.165, 1.54) is 0 Å². The molecule has 1 aliphatic heterocycles. The molecule has 1 saturated heterocycles. The first-order chi connectivity index (χ1) is 14.1. The summed E-state index contributed by atoms with van der Waals surface area (Å²) in [5.41, 5.74) is 6.19. The molecule has 3 aromatic rings. The monoisotopic (exact) mass is 386 g/mol. The van der Waals surface area contributed by atoms with E-state index in [1.54, 1.807) is 11.1 Å². The van der Waals surface area contributed by atoms with Crippen LogP contribution in [0.1, 0.15) is 23.6 Å². The van der Waals surface area contributed by atoms with Gasteiger partial charge in [0.05, 0.1) is 11.7 Å². The number of hydrogen-bond donors (Lipinski definition) is 2. The van der Waals surface area contributed by atoms with E-state index in [-0.39, 0.29) is 11.9 Å². The standard InChI is InChI=1S/C15H14N2O.C9H8O2/c18-15-11-14(12-7-3-1-4-8-12)16-17(15)13-9-5-2-6-10-13;10-9(11)7-6-8-4-2-1-3-5-8/h1-10,14,16H,11H2;1-7H,(H,10,11). The lowest BCUT2D eigenvalue weighted by Gasteiger charge is -2.18. The zero-order valence-corrected chi connectivity index (χ0v) is 15.8. The van der Waals surface area contributed by atoms with Crippen molar-refractivity contribution in [3.8, 4) is 0 Å². The highest BCUT2D eigenvalue weighted by Crippen LogP contribution is 2.27. The molecule has 2 N–H and O–H groups in total. The molecule has 0 saturated carbocycles. The van der Waals surface area contributed by atoms with Crippen LogP contribution >= 0.6 is 0 Å². The highest BCUT2D eigenvalue weighted by molar-refractivity contribution is 5.95. The van der Waals surface area contributed by atoms with Gasteiger partial charge in [0.2, 0.25) is 5.91 Å². The van der Waals surface area contributed by atoms with E-state index in [9.17, 15) is 9.59 Å². The zero-order valence-electron chi connectivity index (χ0n) is 15.8. The molecule has 5 nitrogen and oxygen atoms in total. The van der Waals surface area contributed by atoms with Crippen molar-refractivity contribution in [1.82, 2.24) is 5.43 Å². The number of anilines is 1. The van der Waals surface area contributed by atoms with E-state index >= 15 is 0 Å². The molecule has 0 aromatic heterocycles. The summed E-state index contributed by atoms with van der Waals surface area (Å²) in [5, 5.41) is 9.92. The van der Waals surface area contributed by atoms with Crippen molar-refractivity contribution >= 4 is 23.6 Å². The van der Waals surface area contributed by atoms with Gasteiger partial charge >= 0.3 is 5.97 Å². The van der Waals surface area contributed by atoms with Gasteiger partial charge in [-0.3, -0.25) is 4.79 Å². The van der Waals surface area contributed by atoms with Crippen molar-refractivity contribution in [2.24, 2.45) is 0 Å². The van der Waals surface area contributed by atoms with Crippen molar-refractivity contribution in [3.05, 3.63) is 108 Å². The van der Waals surface area contributed by atoms with E-state index in [4.69, 9.17) is 5.11 Å². The fourth-order valence-electron chi connectivity index (χ4n) is 2.94. The number of carbonyl (C=O) groups is 2. The Kier molecular flexibility index (Phi) is 6.92. The molecule has 5 heteroatoms. The number of hydrogen-bond acceptors (Lipinski definition) is 3. The van der Waals surface area contributed by atoms with E-state index in [0.717, 1.165) is 22.9 Å². The minimum atomic E-state index is -0.922. The third-order valence-electron chi connectivity index (χ3n) is 4.35. The van der Waals surface area contributed by atoms with Crippen LogP contribution in [0, 0.1) is 0 Å². The lowest BCUT2D eigenvalue weighted by molar-refractivity contribution is -0.131. The highest BCUT2D eigenvalue weighted by atomic mass is 16.4. The van der Waals surface area contributed by atoms with Crippen LogP contribution in [0.4, 0.5) is 5.69 Å². The number of rotatable bonds is 4. The third kappa shape index (κ3) is 5.89. The summed E-state index contributed by atoms with van der Waals surface area (Å²) in [7, 11) is 0. The number of amides is 1. The summed E-state index contributed by atoms with van der Waals surface area (Å²) in [5.74, 6) is -0.816. The summed E-state index contributed by atoms with van der Waals surface area (Å²) in [6.07, 6.45) is 3.18. The molecule has 1 fully saturated rings. The molecule has 1 amide bonds. The van der Waals surface area contributed by atoms with Gasteiger partial charge in [0.1, 0.15) is 0 Å². The summed E-state index contributed by atoms with van der Waals surface area (Å²) < 4.78 is 0. The highest BCUT2D eigenvalue weighted by Gasteiger charge is 2.30. The average Bonchev–Trinajstić information content (AvgIpc) is 3.16. The molecular weight excluding hydrogens is 364 g/mol. The zero-order chi connectivity index (χ0) is 20.5. The maximum absolute atomic E-state index is 12.0. The minimum Gasteiger partial charge on any atom is -0.478 e. The number of carboxylic acids is 1. The van der Waals surface area contributed by atoms with E-state index in [2.05, 4.69) is 5.43 Å². The Morgan fingerprint density at radius 3 is 2.03 bits per heavy atom. The van der Waals surface area contributed by atoms with Crippen LogP contribution in [0.2, 0.25) is 0 Å². The third-order valence-corrected chi connectivity index (χ3v) is 4.35. The molecule has 3 aromatic carbocycles. The minimum absolute atomic E-state index is 0.0684. The van der Waals surface area contributed by atoms with Crippen LogP contribution < -0.4 is 10.4 Å². The van der Waals surface area contributed by atoms with E-state index < -0.39 is 5.97 Å². The van der Waals surface area contributed by atoms with Gasteiger partial charge in [0.25, 0.3) is 0 Å². The van der Waals surface area contributed by atoms with Crippen molar-refractivity contribution in [1.29, 1.82) is 0 Å². The smallest absolute Gasteiger partial charge is 0.328 e. The second-order valence-electron chi connectivity index (χ2n) is 6.44. The van der Waals surface area contributed by atoms with Gasteiger partial charge in [0.15, 0.2) is 0 Å². The lowest BCUT2D eigenvalue weighted by atomic mass is 10.1. The molecule has 1 unspecified atom stereocenters. The number of nitrogens with zero attached hydrogens (tertiary/aromatic N) is 1. The van der Waals surface area contributed by atoms with Crippen molar-refractivity contribution < 1.29 is 14.7 Å². The molecule has 1 atom stereocenters. The summed E-state index contributed by atoms with van der Waals surface area (Å²) in [6, 6.07) is 29.1. The molecular formula is C24H22N2O3. The van der Waals surface area contributed by atoms with Crippen LogP contribution in [0.15, 0.2) is 97.1 Å². The van der Waals surface area contributed by atoms with Gasteiger partial charge in [-0.1, -0.05) is 78.9 Å². The Hall–Kier alpha value is -3.70. The summed E-state index contributed by atoms with van der Waals surface area (Å²) in [4.78, 5) is 22.1. The second kappa shape index (κ2) is 10.0. The molecule has 1 heterocycles. The van der Waals surface area contributed by atoms with Crippen LogP contribution in [0.25, 0.3) is 6.08 Å². The number of para-hydroxylation sites is 1. The fraction of sp³-hybridized carbons (Fsp3) is 0.0833. The summed E-state index contributed by atoms with van der Waals surface area (Å²) >= 11 is 0. The van der Waals surface area contributed by atoms with Crippen molar-refractivity contribution in [3.63, 3.8) is 0 Å². The van der Waals surface area contributed by atoms with Crippen LogP contribution in [-0.4, -0.2) is 17.0 Å². The van der Waals surface area contributed by atoms with Gasteiger partial charge in [0, 0.05) is 12.5 Å². The maximum atomic E-state index is 12.0. The first kappa shape index (κ1) is 20.0. The number of benzene rings is 3. The Labute approximate surface area is 169 Å². The van der Waals surface area contributed by atoms with Crippen LogP contribution in [0.5, 0.6) is 0 Å². The number of carbonyl (C=O) groups excluding carboxylic acids is 1. The Balaban J connectivity index is 0.000000188. The Morgan fingerprint density at radius 1 is 0.897 bits per heavy atom. The predicted octanol–water partition coefficient (Wildman–Crippen LogP) is 4.45. The maximum Gasteiger partial charge on any atom is 0.328 e. The molecule has 0 aliphatic carbocycles. The molecule has 4 rings (SSSR count). The summed E-state index contributed by atoms with van der Waals surface area (Å²) in [6.45, 7) is 0. The van der Waals surface area contributed by atoms with Gasteiger partial charge < -0.3 is 5.11 Å². The molecule has 0 spiro atoms. The molecule has 0 bridgehead atoms. The van der Waals surface area contributed by atoms with Crippen LogP contribution in [-0.2, 0) is 9.59 Å². The van der Waals surface area contributed by atoms with E-state index in [1.807, 2.05) is 91.0 Å². The van der Waals surface area contributed by atoms with Crippen molar-refractivity contribution in [2.45, 2.75) is 12.5 Å².